The van der Waals surface area contributed by atoms with Crippen LogP contribution < -0.4 is 4.74 Å². The quantitative estimate of drug-likeness (QED) is 0.818. The zero-order chi connectivity index (χ0) is 17.3. The second-order valence-electron chi connectivity index (χ2n) is 7.77. The van der Waals surface area contributed by atoms with Crippen molar-refractivity contribution in [1.29, 1.82) is 0 Å². The van der Waals surface area contributed by atoms with E-state index < -0.39 is 5.97 Å². The number of carboxylic acid groups (broad SMARTS) is 1. The van der Waals surface area contributed by atoms with Gasteiger partial charge in [-0.2, -0.15) is 0 Å². The van der Waals surface area contributed by atoms with Crippen LogP contribution in [0.15, 0.2) is 18.2 Å². The van der Waals surface area contributed by atoms with E-state index in [1.807, 2.05) is 19.1 Å². The van der Waals surface area contributed by atoms with E-state index in [2.05, 4.69) is 41.5 Å². The van der Waals surface area contributed by atoms with Crippen molar-refractivity contribution in [2.24, 2.45) is 0 Å². The Morgan fingerprint density at radius 1 is 1.05 bits per heavy atom. The monoisotopic (exact) mass is 304 g/mol. The largest absolute Gasteiger partial charge is 0.496 e. The molecule has 0 aromatic heterocycles. The molecule has 0 spiro atoms. The minimum Gasteiger partial charge on any atom is -0.496 e. The highest BCUT2D eigenvalue weighted by Gasteiger charge is 2.27. The third-order valence-corrected chi connectivity index (χ3v) is 3.70. The third kappa shape index (κ3) is 4.12. The Bertz CT molecular complexity index is 561. The van der Waals surface area contributed by atoms with Crippen molar-refractivity contribution in [2.45, 2.75) is 59.3 Å². The van der Waals surface area contributed by atoms with Crippen molar-refractivity contribution < 1.29 is 14.6 Å². The first-order chi connectivity index (χ1) is 9.87. The number of methoxy groups -OCH3 is 1. The van der Waals surface area contributed by atoms with Crippen molar-refractivity contribution >= 4 is 11.5 Å². The van der Waals surface area contributed by atoms with E-state index in [0.717, 1.165) is 28.0 Å². The molecule has 122 valence electrons. The Morgan fingerprint density at radius 3 is 1.73 bits per heavy atom. The fourth-order valence-electron chi connectivity index (χ4n) is 2.46. The number of carbonyl (C=O) groups is 1. The maximum Gasteiger partial charge on any atom is 0.328 e. The van der Waals surface area contributed by atoms with Crippen LogP contribution in [-0.4, -0.2) is 18.2 Å². The van der Waals surface area contributed by atoms with Crippen molar-refractivity contribution in [3.05, 3.63) is 34.9 Å². The van der Waals surface area contributed by atoms with Gasteiger partial charge in [-0.1, -0.05) is 41.5 Å². The summed E-state index contributed by atoms with van der Waals surface area (Å²) in [6, 6.07) is 4.09. The maximum absolute atomic E-state index is 11.0. The number of hydrogen-bond acceptors (Lipinski definition) is 2. The van der Waals surface area contributed by atoms with Crippen molar-refractivity contribution in [2.75, 3.05) is 7.11 Å². The van der Waals surface area contributed by atoms with Crippen LogP contribution in [0.1, 0.15) is 65.2 Å². The molecule has 0 saturated carbocycles. The molecular formula is C19H28O3. The highest BCUT2D eigenvalue weighted by molar-refractivity contribution is 5.89. The van der Waals surface area contributed by atoms with E-state index >= 15 is 0 Å². The van der Waals surface area contributed by atoms with E-state index in [4.69, 9.17) is 9.84 Å². The lowest BCUT2D eigenvalue weighted by Gasteiger charge is -2.30. The number of allylic oxidation sites excluding steroid dienone is 1. The molecule has 22 heavy (non-hydrogen) atoms. The molecule has 0 aliphatic heterocycles. The molecule has 3 heteroatoms. The first-order valence-corrected chi connectivity index (χ1v) is 7.52. The maximum atomic E-state index is 11.0. The van der Waals surface area contributed by atoms with Crippen molar-refractivity contribution in [1.82, 2.24) is 0 Å². The van der Waals surface area contributed by atoms with Gasteiger partial charge in [0.25, 0.3) is 0 Å². The number of benzene rings is 1. The molecule has 1 rings (SSSR count). The molecule has 0 saturated heterocycles. The predicted molar refractivity (Wildman–Crippen MR) is 91.7 cm³/mol. The van der Waals surface area contributed by atoms with E-state index in [1.165, 1.54) is 6.08 Å². The zero-order valence-electron chi connectivity index (χ0n) is 15.0. The van der Waals surface area contributed by atoms with Gasteiger partial charge in [-0.05, 0) is 41.0 Å². The van der Waals surface area contributed by atoms with E-state index in [1.54, 1.807) is 7.11 Å². The van der Waals surface area contributed by atoms with Crippen LogP contribution in [0.3, 0.4) is 0 Å². The second kappa shape index (κ2) is 6.15. The zero-order valence-corrected chi connectivity index (χ0v) is 15.0. The normalized spacial score (nSPS) is 13.2. The standard InChI is InChI=1S/C19H28O3/c1-12(9-16(20)21)13-10-14(18(2,3)4)17(22-8)15(11-13)19(5,6)7/h9-11H,1-8H3,(H,20,21)/b12-9+. The number of aliphatic carboxylic acids is 1. The average Bonchev–Trinajstić information content (AvgIpc) is 2.34. The Kier molecular flexibility index (Phi) is 5.11. The van der Waals surface area contributed by atoms with Crippen LogP contribution in [0.2, 0.25) is 0 Å². The van der Waals surface area contributed by atoms with Crippen molar-refractivity contribution in [3.63, 3.8) is 0 Å². The summed E-state index contributed by atoms with van der Waals surface area (Å²) in [5.41, 5.74) is 3.67. The summed E-state index contributed by atoms with van der Waals surface area (Å²) in [6.45, 7) is 14.6. The fourth-order valence-corrected chi connectivity index (χ4v) is 2.46. The Balaban J connectivity index is 3.75. The van der Waals surface area contributed by atoms with Gasteiger partial charge in [0.05, 0.1) is 7.11 Å². The molecule has 0 radical (unpaired) electrons. The molecule has 0 unspecified atom stereocenters. The number of hydrogen-bond donors (Lipinski definition) is 1. The molecule has 0 bridgehead atoms. The molecule has 0 amide bonds. The molecule has 3 nitrogen and oxygen atoms in total. The summed E-state index contributed by atoms with van der Waals surface area (Å²) >= 11 is 0. The summed E-state index contributed by atoms with van der Waals surface area (Å²) in [5, 5.41) is 9.00. The van der Waals surface area contributed by atoms with Gasteiger partial charge < -0.3 is 9.84 Å². The Hall–Kier alpha value is -1.77. The van der Waals surface area contributed by atoms with Crippen LogP contribution in [0.25, 0.3) is 5.57 Å². The topological polar surface area (TPSA) is 46.5 Å². The summed E-state index contributed by atoms with van der Waals surface area (Å²) < 4.78 is 5.71. The van der Waals surface area contributed by atoms with Crippen LogP contribution in [-0.2, 0) is 15.6 Å². The SMILES string of the molecule is COc1c(C(C)(C)C)cc(/C(C)=C/C(=O)O)cc1C(C)(C)C. The lowest BCUT2D eigenvalue weighted by Crippen LogP contribution is -2.19. The Morgan fingerprint density at radius 2 is 1.45 bits per heavy atom. The third-order valence-electron chi connectivity index (χ3n) is 3.70. The minimum absolute atomic E-state index is 0.0924. The summed E-state index contributed by atoms with van der Waals surface area (Å²) in [6.07, 6.45) is 1.25. The van der Waals surface area contributed by atoms with Gasteiger partial charge in [-0.15, -0.1) is 0 Å². The van der Waals surface area contributed by atoms with Crippen LogP contribution in [0.4, 0.5) is 0 Å². The van der Waals surface area contributed by atoms with E-state index in [0.29, 0.717) is 0 Å². The molecule has 0 aliphatic rings. The highest BCUT2D eigenvalue weighted by atomic mass is 16.5. The van der Waals surface area contributed by atoms with Crippen LogP contribution >= 0.6 is 0 Å². The minimum atomic E-state index is -0.928. The molecule has 0 atom stereocenters. The fraction of sp³-hybridized carbons (Fsp3) is 0.526. The van der Waals surface area contributed by atoms with Gasteiger partial charge in [0, 0.05) is 17.2 Å². The summed E-state index contributed by atoms with van der Waals surface area (Å²) in [7, 11) is 1.69. The van der Waals surface area contributed by atoms with Gasteiger partial charge in [-0.3, -0.25) is 0 Å². The first-order valence-electron chi connectivity index (χ1n) is 7.52. The van der Waals surface area contributed by atoms with E-state index in [-0.39, 0.29) is 10.8 Å². The smallest absolute Gasteiger partial charge is 0.328 e. The Labute approximate surface area is 134 Å². The second-order valence-corrected chi connectivity index (χ2v) is 7.77. The molecule has 1 N–H and O–H groups in total. The van der Waals surface area contributed by atoms with Gasteiger partial charge in [0.2, 0.25) is 0 Å². The lowest BCUT2D eigenvalue weighted by atomic mass is 9.77. The summed E-state index contributed by atoms with van der Waals surface area (Å²) in [4.78, 5) is 11.0. The lowest BCUT2D eigenvalue weighted by molar-refractivity contribution is -0.131. The van der Waals surface area contributed by atoms with E-state index in [9.17, 15) is 4.79 Å². The predicted octanol–water partition coefficient (Wildman–Crippen LogP) is 4.78. The molecular weight excluding hydrogens is 276 g/mol. The molecule has 1 aromatic rings. The van der Waals surface area contributed by atoms with Gasteiger partial charge in [0.1, 0.15) is 5.75 Å². The summed E-state index contributed by atoms with van der Waals surface area (Å²) in [5.74, 6) is -0.0326. The molecule has 0 aliphatic carbocycles. The number of carboxylic acids is 1. The van der Waals surface area contributed by atoms with Crippen LogP contribution in [0.5, 0.6) is 5.75 Å². The van der Waals surface area contributed by atoms with Gasteiger partial charge in [0.15, 0.2) is 0 Å². The molecule has 0 fully saturated rings. The van der Waals surface area contributed by atoms with Crippen LogP contribution in [0, 0.1) is 0 Å². The van der Waals surface area contributed by atoms with Crippen molar-refractivity contribution in [3.8, 4) is 5.75 Å². The first kappa shape index (κ1) is 18.3. The van der Waals surface area contributed by atoms with Gasteiger partial charge in [-0.25, -0.2) is 4.79 Å². The average molecular weight is 304 g/mol. The highest BCUT2D eigenvalue weighted by Crippen LogP contribution is 2.41. The molecule has 0 heterocycles. The number of ether oxygens (including phenoxy) is 1. The molecule has 1 aromatic carbocycles. The van der Waals surface area contributed by atoms with Gasteiger partial charge >= 0.3 is 5.97 Å². The number of rotatable bonds is 3.